The molecule has 3 N–H and O–H groups in total. The molecule has 4 heteroatoms. The fourth-order valence-electron chi connectivity index (χ4n) is 3.49. The fraction of sp³-hybridized carbons (Fsp3) is 0.706. The summed E-state index contributed by atoms with van der Waals surface area (Å²) >= 11 is 0. The molecule has 1 atom stereocenters. The third kappa shape index (κ3) is 3.95. The van der Waals surface area contributed by atoms with Crippen molar-refractivity contribution >= 4 is 5.82 Å². The highest BCUT2D eigenvalue weighted by Gasteiger charge is 2.41. The van der Waals surface area contributed by atoms with Crippen molar-refractivity contribution in [3.63, 3.8) is 0 Å². The van der Waals surface area contributed by atoms with Gasteiger partial charge in [-0.2, -0.15) is 0 Å². The third-order valence-electron chi connectivity index (χ3n) is 4.90. The molecule has 1 aliphatic carbocycles. The predicted octanol–water partition coefficient (Wildman–Crippen LogP) is 2.78. The van der Waals surface area contributed by atoms with E-state index < -0.39 is 0 Å². The molecular formula is C17H29N3O. The lowest BCUT2D eigenvalue weighted by Gasteiger charge is -2.44. The molecule has 1 saturated carbocycles. The molecule has 0 aliphatic heterocycles. The molecule has 1 aromatic rings. The number of rotatable bonds is 6. The molecular weight excluding hydrogens is 262 g/mol. The van der Waals surface area contributed by atoms with Gasteiger partial charge in [-0.15, -0.1) is 0 Å². The van der Waals surface area contributed by atoms with Gasteiger partial charge in [0.2, 0.25) is 0 Å². The number of ether oxygens (including phenoxy) is 1. The number of aromatic nitrogens is 1. The number of nitrogen functional groups attached to an aromatic ring is 1. The second kappa shape index (κ2) is 7.23. The van der Waals surface area contributed by atoms with Crippen molar-refractivity contribution < 1.29 is 4.74 Å². The Morgan fingerprint density at radius 2 is 2.19 bits per heavy atom. The lowest BCUT2D eigenvalue weighted by atomic mass is 9.73. The lowest BCUT2D eigenvalue weighted by molar-refractivity contribution is -0.0742. The van der Waals surface area contributed by atoms with E-state index in [0.717, 1.165) is 31.7 Å². The van der Waals surface area contributed by atoms with Crippen LogP contribution >= 0.6 is 0 Å². The molecule has 0 radical (unpaired) electrons. The van der Waals surface area contributed by atoms with Crippen molar-refractivity contribution in [1.29, 1.82) is 0 Å². The van der Waals surface area contributed by atoms with E-state index in [2.05, 4.69) is 30.2 Å². The van der Waals surface area contributed by atoms with Gasteiger partial charge in [0.1, 0.15) is 5.82 Å². The first kappa shape index (κ1) is 16.2. The standard InChI is InChI=1S/C17H29N3O/c1-4-19-15(11-14-7-10-20-16(18)12-14)17(21-3)8-5-13(2)6-9-17/h7,10,12-13,15,19H,4-6,8-9,11H2,1-3H3,(H2,18,20). The highest BCUT2D eigenvalue weighted by molar-refractivity contribution is 5.32. The minimum atomic E-state index is -0.0550. The van der Waals surface area contributed by atoms with Crippen molar-refractivity contribution in [2.75, 3.05) is 19.4 Å². The van der Waals surface area contributed by atoms with Gasteiger partial charge >= 0.3 is 0 Å². The largest absolute Gasteiger partial charge is 0.384 e. The van der Waals surface area contributed by atoms with Crippen molar-refractivity contribution in [3.05, 3.63) is 23.9 Å². The zero-order chi connectivity index (χ0) is 15.3. The van der Waals surface area contributed by atoms with E-state index in [4.69, 9.17) is 10.5 Å². The van der Waals surface area contributed by atoms with Crippen molar-refractivity contribution in [1.82, 2.24) is 10.3 Å². The summed E-state index contributed by atoms with van der Waals surface area (Å²) in [5, 5.41) is 3.64. The maximum atomic E-state index is 6.03. The Balaban J connectivity index is 2.16. The van der Waals surface area contributed by atoms with Crippen LogP contribution in [0, 0.1) is 5.92 Å². The Kier molecular flexibility index (Phi) is 5.59. The minimum Gasteiger partial charge on any atom is -0.384 e. The maximum Gasteiger partial charge on any atom is 0.123 e. The number of nitrogens with two attached hydrogens (primary N) is 1. The first-order valence-corrected chi connectivity index (χ1v) is 8.08. The van der Waals surface area contributed by atoms with Crippen LogP contribution in [0.2, 0.25) is 0 Å². The molecule has 2 rings (SSSR count). The van der Waals surface area contributed by atoms with Gasteiger partial charge < -0.3 is 15.8 Å². The molecule has 1 unspecified atom stereocenters. The molecule has 21 heavy (non-hydrogen) atoms. The zero-order valence-electron chi connectivity index (χ0n) is 13.6. The Morgan fingerprint density at radius 3 is 2.76 bits per heavy atom. The van der Waals surface area contributed by atoms with Crippen molar-refractivity contribution in [2.24, 2.45) is 5.92 Å². The summed E-state index contributed by atoms with van der Waals surface area (Å²) < 4.78 is 6.03. The van der Waals surface area contributed by atoms with E-state index in [-0.39, 0.29) is 5.60 Å². The topological polar surface area (TPSA) is 60.2 Å². The number of nitrogens with zero attached hydrogens (tertiary/aromatic N) is 1. The minimum absolute atomic E-state index is 0.0550. The Hall–Kier alpha value is -1.13. The summed E-state index contributed by atoms with van der Waals surface area (Å²) in [4.78, 5) is 4.08. The van der Waals surface area contributed by atoms with Crippen LogP contribution in [0.15, 0.2) is 18.3 Å². The first-order chi connectivity index (χ1) is 10.1. The maximum absolute atomic E-state index is 6.03. The number of pyridine rings is 1. The number of methoxy groups -OCH3 is 1. The molecule has 0 saturated heterocycles. The van der Waals surface area contributed by atoms with Gasteiger partial charge in [-0.1, -0.05) is 13.8 Å². The lowest BCUT2D eigenvalue weighted by Crippen LogP contribution is -2.55. The van der Waals surface area contributed by atoms with Crippen LogP contribution in [0.1, 0.15) is 45.1 Å². The van der Waals surface area contributed by atoms with E-state index in [0.29, 0.717) is 11.9 Å². The van der Waals surface area contributed by atoms with Crippen molar-refractivity contribution in [3.8, 4) is 0 Å². The quantitative estimate of drug-likeness (QED) is 0.846. The van der Waals surface area contributed by atoms with Gasteiger partial charge in [0, 0.05) is 19.3 Å². The van der Waals surface area contributed by atoms with Gasteiger partial charge in [-0.05, 0) is 62.3 Å². The van der Waals surface area contributed by atoms with E-state index >= 15 is 0 Å². The number of hydrogen-bond acceptors (Lipinski definition) is 4. The fourth-order valence-corrected chi connectivity index (χ4v) is 3.49. The number of likely N-dealkylation sites (N-methyl/N-ethyl adjacent to an activating group) is 1. The molecule has 0 bridgehead atoms. The predicted molar refractivity (Wildman–Crippen MR) is 87.2 cm³/mol. The van der Waals surface area contributed by atoms with Gasteiger partial charge in [0.15, 0.2) is 0 Å². The molecule has 4 nitrogen and oxygen atoms in total. The Morgan fingerprint density at radius 1 is 1.48 bits per heavy atom. The molecule has 1 aromatic heterocycles. The summed E-state index contributed by atoms with van der Waals surface area (Å²) in [6.45, 7) is 5.44. The van der Waals surface area contributed by atoms with Crippen LogP contribution in [-0.4, -0.2) is 30.3 Å². The summed E-state index contributed by atoms with van der Waals surface area (Å²) in [5.41, 5.74) is 6.98. The first-order valence-electron chi connectivity index (χ1n) is 8.08. The van der Waals surface area contributed by atoms with Gasteiger partial charge in [-0.25, -0.2) is 4.98 Å². The number of nitrogens with one attached hydrogen (secondary N) is 1. The van der Waals surface area contributed by atoms with Gasteiger partial charge in [0.25, 0.3) is 0 Å². The van der Waals surface area contributed by atoms with E-state index in [1.54, 1.807) is 6.20 Å². The second-order valence-corrected chi connectivity index (χ2v) is 6.35. The average molecular weight is 291 g/mol. The van der Waals surface area contributed by atoms with Crippen LogP contribution in [0.5, 0.6) is 0 Å². The Labute approximate surface area is 128 Å². The number of anilines is 1. The smallest absolute Gasteiger partial charge is 0.123 e. The molecule has 1 aliphatic rings. The van der Waals surface area contributed by atoms with Gasteiger partial charge in [0.05, 0.1) is 5.60 Å². The molecule has 0 aromatic carbocycles. The van der Waals surface area contributed by atoms with E-state index in [1.807, 2.05) is 13.2 Å². The number of hydrogen-bond donors (Lipinski definition) is 2. The van der Waals surface area contributed by atoms with Crippen LogP contribution < -0.4 is 11.1 Å². The van der Waals surface area contributed by atoms with Crippen LogP contribution in [-0.2, 0) is 11.2 Å². The molecule has 1 fully saturated rings. The zero-order valence-corrected chi connectivity index (χ0v) is 13.6. The average Bonchev–Trinajstić information content (AvgIpc) is 2.48. The van der Waals surface area contributed by atoms with Crippen molar-refractivity contribution in [2.45, 2.75) is 57.6 Å². The highest BCUT2D eigenvalue weighted by Crippen LogP contribution is 2.37. The summed E-state index contributed by atoms with van der Waals surface area (Å²) in [7, 11) is 1.86. The SMILES string of the molecule is CCNC(Cc1ccnc(N)c1)C1(OC)CCC(C)CC1. The summed E-state index contributed by atoms with van der Waals surface area (Å²) in [6.07, 6.45) is 7.47. The van der Waals surface area contributed by atoms with E-state index in [1.165, 1.54) is 18.4 Å². The second-order valence-electron chi connectivity index (χ2n) is 6.35. The third-order valence-corrected chi connectivity index (χ3v) is 4.90. The molecule has 0 amide bonds. The highest BCUT2D eigenvalue weighted by atomic mass is 16.5. The monoisotopic (exact) mass is 291 g/mol. The van der Waals surface area contributed by atoms with Crippen LogP contribution in [0.3, 0.4) is 0 Å². The summed E-state index contributed by atoms with van der Waals surface area (Å²) in [6, 6.07) is 4.34. The van der Waals surface area contributed by atoms with Crippen LogP contribution in [0.4, 0.5) is 5.82 Å². The molecule has 118 valence electrons. The van der Waals surface area contributed by atoms with Crippen LogP contribution in [0.25, 0.3) is 0 Å². The molecule has 1 heterocycles. The Bertz CT molecular complexity index is 441. The molecule has 0 spiro atoms. The van der Waals surface area contributed by atoms with E-state index in [9.17, 15) is 0 Å². The summed E-state index contributed by atoms with van der Waals surface area (Å²) in [5.74, 6) is 1.40. The van der Waals surface area contributed by atoms with Gasteiger partial charge in [-0.3, -0.25) is 0 Å². The normalized spacial score (nSPS) is 27.5.